The van der Waals surface area contributed by atoms with Gasteiger partial charge in [-0.05, 0) is 25.9 Å². The minimum atomic E-state index is 0.142. The SMILES string of the molecule is C=N/C=C(C=O)\C=N/CN(C)Cc1nc2c(N3CCOCC3)nc(-c3ccc(SCCO)cc3)nc2n1C. The summed E-state index contributed by atoms with van der Waals surface area (Å²) in [6, 6.07) is 8.07. The number of carbonyl (C=O) groups is 1. The van der Waals surface area contributed by atoms with E-state index in [1.807, 2.05) is 47.8 Å². The molecule has 1 N–H and O–H groups in total. The Morgan fingerprint density at radius 1 is 1.24 bits per heavy atom. The Hall–Kier alpha value is -3.45. The lowest BCUT2D eigenvalue weighted by atomic mass is 10.2. The monoisotopic (exact) mass is 536 g/mol. The van der Waals surface area contributed by atoms with Gasteiger partial charge in [-0.2, -0.15) is 0 Å². The molecule has 3 aromatic rings. The van der Waals surface area contributed by atoms with Crippen molar-refractivity contribution in [1.82, 2.24) is 24.4 Å². The van der Waals surface area contributed by atoms with Crippen LogP contribution in [0.1, 0.15) is 5.82 Å². The second-order valence-corrected chi connectivity index (χ2v) is 9.89. The van der Waals surface area contributed by atoms with Crippen molar-refractivity contribution >= 4 is 48.0 Å². The number of anilines is 1. The molecule has 0 atom stereocenters. The van der Waals surface area contributed by atoms with Crippen LogP contribution in [0.3, 0.4) is 0 Å². The Morgan fingerprint density at radius 3 is 2.68 bits per heavy atom. The summed E-state index contributed by atoms with van der Waals surface area (Å²) in [7, 11) is 3.89. The molecule has 1 saturated heterocycles. The predicted molar refractivity (Wildman–Crippen MR) is 151 cm³/mol. The molecule has 1 aliphatic heterocycles. The molecular formula is C26H32N8O3S. The molecule has 0 spiro atoms. The second kappa shape index (κ2) is 13.4. The number of hydrogen-bond acceptors (Lipinski definition) is 11. The van der Waals surface area contributed by atoms with E-state index in [4.69, 9.17) is 24.8 Å². The van der Waals surface area contributed by atoms with E-state index >= 15 is 0 Å². The third kappa shape index (κ3) is 6.70. The molecule has 0 unspecified atom stereocenters. The van der Waals surface area contributed by atoms with Crippen molar-refractivity contribution in [3.8, 4) is 11.4 Å². The number of carbonyl (C=O) groups excluding carboxylic acids is 1. The normalized spacial score (nSPS) is 14.6. The number of hydrogen-bond donors (Lipinski definition) is 1. The minimum Gasteiger partial charge on any atom is -0.396 e. The number of ether oxygens (including phenoxy) is 1. The fraction of sp³-hybridized carbons (Fsp3) is 0.385. The van der Waals surface area contributed by atoms with Crippen molar-refractivity contribution in [2.45, 2.75) is 11.4 Å². The molecule has 11 nitrogen and oxygen atoms in total. The molecule has 12 heteroatoms. The first kappa shape index (κ1) is 27.6. The quantitative estimate of drug-likeness (QED) is 0.161. The van der Waals surface area contributed by atoms with E-state index in [0.29, 0.717) is 49.9 Å². The molecule has 0 saturated carbocycles. The average Bonchev–Trinajstić information content (AvgIpc) is 3.26. The number of allylic oxidation sites excluding steroid dienone is 1. The fourth-order valence-corrected chi connectivity index (χ4v) is 4.65. The van der Waals surface area contributed by atoms with E-state index in [-0.39, 0.29) is 6.61 Å². The fourth-order valence-electron chi connectivity index (χ4n) is 4.00. The second-order valence-electron chi connectivity index (χ2n) is 8.72. The summed E-state index contributed by atoms with van der Waals surface area (Å²) in [5, 5.41) is 9.10. The number of aliphatic hydroxyl groups is 1. The lowest BCUT2D eigenvalue weighted by Crippen LogP contribution is -2.37. The van der Waals surface area contributed by atoms with Crippen LogP contribution < -0.4 is 4.90 Å². The van der Waals surface area contributed by atoms with Gasteiger partial charge in [0, 0.05) is 48.8 Å². The highest BCUT2D eigenvalue weighted by molar-refractivity contribution is 7.99. The van der Waals surface area contributed by atoms with Gasteiger partial charge in [-0.15, -0.1) is 11.8 Å². The molecule has 1 aromatic carbocycles. The highest BCUT2D eigenvalue weighted by atomic mass is 32.2. The largest absolute Gasteiger partial charge is 0.396 e. The highest BCUT2D eigenvalue weighted by Gasteiger charge is 2.23. The van der Waals surface area contributed by atoms with Crippen LogP contribution in [-0.2, 0) is 23.1 Å². The Labute approximate surface area is 226 Å². The number of imidazole rings is 1. The number of thioether (sulfide) groups is 1. The third-order valence-electron chi connectivity index (χ3n) is 5.93. The number of aromatic nitrogens is 4. The molecule has 0 bridgehead atoms. The Morgan fingerprint density at radius 2 is 2.00 bits per heavy atom. The van der Waals surface area contributed by atoms with Crippen LogP contribution in [0.5, 0.6) is 0 Å². The smallest absolute Gasteiger partial charge is 0.166 e. The maximum atomic E-state index is 11.0. The van der Waals surface area contributed by atoms with Gasteiger partial charge in [-0.1, -0.05) is 12.1 Å². The van der Waals surface area contributed by atoms with Crippen LogP contribution in [0.25, 0.3) is 22.6 Å². The standard InChI is InChI=1S/C26H32N8O3S/c1-27-14-19(17-36)15-28-18-32(2)16-22-29-23-25(33(22)3)30-24(31-26(23)34-8-11-37-12-9-34)20-4-6-21(7-5-20)38-13-10-35/h4-7,14-15,17,35H,1,8-13,16,18H2,2-3H3/b19-14+,28-15-. The number of nitrogens with zero attached hydrogens (tertiary/aromatic N) is 8. The first-order valence-corrected chi connectivity index (χ1v) is 13.2. The van der Waals surface area contributed by atoms with Crippen LogP contribution in [0, 0.1) is 0 Å². The highest BCUT2D eigenvalue weighted by Crippen LogP contribution is 2.29. The van der Waals surface area contributed by atoms with Crippen molar-refractivity contribution in [2.24, 2.45) is 17.0 Å². The zero-order valence-electron chi connectivity index (χ0n) is 21.7. The first-order chi connectivity index (χ1) is 18.5. The van der Waals surface area contributed by atoms with E-state index in [0.717, 1.165) is 46.4 Å². The molecule has 200 valence electrons. The van der Waals surface area contributed by atoms with E-state index in [1.165, 1.54) is 12.4 Å². The Balaban J connectivity index is 1.64. The molecule has 1 aliphatic rings. The third-order valence-corrected chi connectivity index (χ3v) is 6.92. The number of aliphatic hydroxyl groups excluding tert-OH is 1. The zero-order valence-corrected chi connectivity index (χ0v) is 22.5. The lowest BCUT2D eigenvalue weighted by Gasteiger charge is -2.28. The van der Waals surface area contributed by atoms with Gasteiger partial charge >= 0.3 is 0 Å². The summed E-state index contributed by atoms with van der Waals surface area (Å²) in [6.45, 7) is 7.14. The van der Waals surface area contributed by atoms with Crippen LogP contribution in [0.4, 0.5) is 5.82 Å². The summed E-state index contributed by atoms with van der Waals surface area (Å²) in [6.07, 6.45) is 3.54. The van der Waals surface area contributed by atoms with Gasteiger partial charge in [0.15, 0.2) is 29.1 Å². The van der Waals surface area contributed by atoms with Gasteiger partial charge < -0.3 is 19.3 Å². The van der Waals surface area contributed by atoms with Gasteiger partial charge in [-0.25, -0.2) is 15.0 Å². The van der Waals surface area contributed by atoms with Crippen LogP contribution >= 0.6 is 11.8 Å². The number of aldehydes is 1. The summed E-state index contributed by atoms with van der Waals surface area (Å²) in [5.41, 5.74) is 2.78. The number of aliphatic imine (C=N–C) groups is 2. The summed E-state index contributed by atoms with van der Waals surface area (Å²) in [5.74, 6) is 2.91. The maximum absolute atomic E-state index is 11.0. The summed E-state index contributed by atoms with van der Waals surface area (Å²) < 4.78 is 7.56. The molecule has 2 aromatic heterocycles. The molecule has 0 radical (unpaired) electrons. The van der Waals surface area contributed by atoms with Gasteiger partial charge in [0.1, 0.15) is 5.82 Å². The predicted octanol–water partition coefficient (Wildman–Crippen LogP) is 2.19. The van der Waals surface area contributed by atoms with E-state index in [9.17, 15) is 4.79 Å². The van der Waals surface area contributed by atoms with Crippen molar-refractivity contribution in [3.05, 3.63) is 41.9 Å². The number of aryl methyl sites for hydroxylation is 1. The van der Waals surface area contributed by atoms with E-state index < -0.39 is 0 Å². The molecule has 0 aliphatic carbocycles. The van der Waals surface area contributed by atoms with Gasteiger partial charge in [0.2, 0.25) is 0 Å². The molecule has 0 amide bonds. The van der Waals surface area contributed by atoms with E-state index in [2.05, 4.69) is 21.6 Å². The minimum absolute atomic E-state index is 0.142. The van der Waals surface area contributed by atoms with Crippen molar-refractivity contribution in [1.29, 1.82) is 0 Å². The Bertz CT molecular complexity index is 1320. The van der Waals surface area contributed by atoms with Gasteiger partial charge in [0.05, 0.1) is 38.6 Å². The number of fused-ring (bicyclic) bond motifs is 1. The number of rotatable bonds is 12. The van der Waals surface area contributed by atoms with Crippen molar-refractivity contribution in [3.63, 3.8) is 0 Å². The Kier molecular flexibility index (Phi) is 9.71. The summed E-state index contributed by atoms with van der Waals surface area (Å²) >= 11 is 1.61. The average molecular weight is 537 g/mol. The number of morpholine rings is 1. The first-order valence-electron chi connectivity index (χ1n) is 12.2. The number of benzene rings is 1. The molecule has 1 fully saturated rings. The lowest BCUT2D eigenvalue weighted by molar-refractivity contribution is -0.104. The van der Waals surface area contributed by atoms with Crippen molar-refractivity contribution in [2.75, 3.05) is 57.3 Å². The van der Waals surface area contributed by atoms with Gasteiger partial charge in [-0.3, -0.25) is 19.7 Å². The van der Waals surface area contributed by atoms with Crippen LogP contribution in [0.15, 0.2) is 50.9 Å². The molecular weight excluding hydrogens is 504 g/mol. The maximum Gasteiger partial charge on any atom is 0.166 e. The zero-order chi connectivity index (χ0) is 26.9. The van der Waals surface area contributed by atoms with Gasteiger partial charge in [0.25, 0.3) is 0 Å². The topological polar surface area (TPSA) is 121 Å². The molecule has 4 rings (SSSR count). The summed E-state index contributed by atoms with van der Waals surface area (Å²) in [4.78, 5) is 39.1. The van der Waals surface area contributed by atoms with Crippen LogP contribution in [0.2, 0.25) is 0 Å². The molecule has 38 heavy (non-hydrogen) atoms. The van der Waals surface area contributed by atoms with Crippen molar-refractivity contribution < 1.29 is 14.6 Å². The van der Waals surface area contributed by atoms with E-state index in [1.54, 1.807) is 11.8 Å². The molecule has 3 heterocycles. The van der Waals surface area contributed by atoms with Crippen LogP contribution in [-0.4, -0.2) is 101 Å².